The molecule has 1 aliphatic heterocycles. The Labute approximate surface area is 181 Å². The number of nitrogens with one attached hydrogen (secondary N) is 1. The molecule has 0 radical (unpaired) electrons. The highest BCUT2D eigenvalue weighted by molar-refractivity contribution is 8.15. The summed E-state index contributed by atoms with van der Waals surface area (Å²) in [5.74, 6) is 0.872. The molecule has 1 aliphatic rings. The minimum Gasteiger partial charge on any atom is -0.497 e. The molecule has 2 aromatic rings. The molecule has 1 atom stereocenters. The van der Waals surface area contributed by atoms with Gasteiger partial charge in [0.15, 0.2) is 5.17 Å². The van der Waals surface area contributed by atoms with Crippen LogP contribution in [0, 0.1) is 5.92 Å². The number of carbonyl (C=O) groups is 2. The third-order valence-electron chi connectivity index (χ3n) is 4.57. The summed E-state index contributed by atoms with van der Waals surface area (Å²) in [6.45, 7) is 5.12. The summed E-state index contributed by atoms with van der Waals surface area (Å²) >= 11 is 1.37. The lowest BCUT2D eigenvalue weighted by Gasteiger charge is -2.18. The molecule has 2 amide bonds. The average molecular weight is 426 g/mol. The second-order valence-corrected chi connectivity index (χ2v) is 8.68. The van der Waals surface area contributed by atoms with Gasteiger partial charge >= 0.3 is 0 Å². The molecule has 30 heavy (non-hydrogen) atoms. The largest absolute Gasteiger partial charge is 0.497 e. The number of amides is 2. The number of methoxy groups -OCH3 is 1. The van der Waals surface area contributed by atoms with Crippen LogP contribution in [0.1, 0.15) is 25.8 Å². The van der Waals surface area contributed by atoms with E-state index in [-0.39, 0.29) is 18.2 Å². The number of hydrogen-bond acceptors (Lipinski definition) is 5. The van der Waals surface area contributed by atoms with Crippen LogP contribution in [0.5, 0.6) is 5.75 Å². The van der Waals surface area contributed by atoms with Crippen molar-refractivity contribution in [1.29, 1.82) is 0 Å². The number of nitrogens with zero attached hydrogens (tertiary/aromatic N) is 2. The van der Waals surface area contributed by atoms with Crippen molar-refractivity contribution >= 4 is 34.4 Å². The number of carbonyl (C=O) groups excluding carboxylic acids is 2. The number of hydrogen-bond donors (Lipinski definition) is 1. The van der Waals surface area contributed by atoms with Gasteiger partial charge in [-0.25, -0.2) is 4.99 Å². The first kappa shape index (κ1) is 21.9. The normalized spacial score (nSPS) is 17.6. The Morgan fingerprint density at radius 3 is 2.50 bits per heavy atom. The molecule has 0 bridgehead atoms. The zero-order valence-electron chi connectivity index (χ0n) is 17.5. The number of amidine groups is 1. The van der Waals surface area contributed by atoms with Gasteiger partial charge in [-0.05, 0) is 35.7 Å². The van der Waals surface area contributed by atoms with Gasteiger partial charge in [0.2, 0.25) is 11.8 Å². The van der Waals surface area contributed by atoms with Crippen LogP contribution in [0.4, 0.5) is 5.69 Å². The van der Waals surface area contributed by atoms with Crippen molar-refractivity contribution in [2.75, 3.05) is 13.7 Å². The summed E-state index contributed by atoms with van der Waals surface area (Å²) < 4.78 is 5.14. The Bertz CT molecular complexity index is 898. The SMILES string of the molecule is COc1ccc(CNC(=O)C[C@H]2SC(=Nc3ccccc3)N(CC(C)C)C2=O)cc1. The fraction of sp³-hybridized carbons (Fsp3) is 0.348. The van der Waals surface area contributed by atoms with Gasteiger partial charge in [0.25, 0.3) is 0 Å². The van der Waals surface area contributed by atoms with Gasteiger partial charge in [0.05, 0.1) is 12.8 Å². The zero-order valence-corrected chi connectivity index (χ0v) is 18.3. The number of aliphatic imine (C=N–C) groups is 1. The molecule has 3 rings (SSSR count). The second kappa shape index (κ2) is 10.3. The van der Waals surface area contributed by atoms with E-state index >= 15 is 0 Å². The van der Waals surface area contributed by atoms with Gasteiger partial charge in [0.1, 0.15) is 11.0 Å². The fourth-order valence-electron chi connectivity index (χ4n) is 3.06. The molecule has 2 aromatic carbocycles. The summed E-state index contributed by atoms with van der Waals surface area (Å²) in [6.07, 6.45) is 0.127. The quantitative estimate of drug-likeness (QED) is 0.694. The minimum atomic E-state index is -0.456. The highest BCUT2D eigenvalue weighted by Crippen LogP contribution is 2.32. The first-order valence-corrected chi connectivity index (χ1v) is 10.9. The van der Waals surface area contributed by atoms with Crippen LogP contribution >= 0.6 is 11.8 Å². The summed E-state index contributed by atoms with van der Waals surface area (Å²) in [4.78, 5) is 31.8. The lowest BCUT2D eigenvalue weighted by molar-refractivity contribution is -0.129. The monoisotopic (exact) mass is 425 g/mol. The van der Waals surface area contributed by atoms with Crippen molar-refractivity contribution in [3.05, 3.63) is 60.2 Å². The standard InChI is InChI=1S/C23H27N3O3S/c1-16(2)15-26-22(28)20(30-23(26)25-18-7-5-4-6-8-18)13-21(27)24-14-17-9-11-19(29-3)12-10-17/h4-12,16,20H,13-15H2,1-3H3,(H,24,27)/t20-/m1/s1. The van der Waals surface area contributed by atoms with E-state index in [0.29, 0.717) is 24.2 Å². The predicted molar refractivity (Wildman–Crippen MR) is 121 cm³/mol. The zero-order chi connectivity index (χ0) is 21.5. The van der Waals surface area contributed by atoms with Crippen LogP contribution < -0.4 is 10.1 Å². The van der Waals surface area contributed by atoms with Crippen molar-refractivity contribution < 1.29 is 14.3 Å². The highest BCUT2D eigenvalue weighted by atomic mass is 32.2. The molecule has 0 aliphatic carbocycles. The maximum absolute atomic E-state index is 13.0. The summed E-state index contributed by atoms with van der Waals surface area (Å²) in [5.41, 5.74) is 1.77. The number of thioether (sulfide) groups is 1. The van der Waals surface area contributed by atoms with E-state index < -0.39 is 5.25 Å². The molecule has 1 N–H and O–H groups in total. The Kier molecular flexibility index (Phi) is 7.52. The molecule has 0 aromatic heterocycles. The number of rotatable bonds is 8. The smallest absolute Gasteiger partial charge is 0.242 e. The van der Waals surface area contributed by atoms with E-state index in [1.807, 2.05) is 54.6 Å². The van der Waals surface area contributed by atoms with E-state index in [4.69, 9.17) is 4.74 Å². The van der Waals surface area contributed by atoms with Crippen LogP contribution in [0.2, 0.25) is 0 Å². The summed E-state index contributed by atoms with van der Waals surface area (Å²) in [7, 11) is 1.62. The third-order valence-corrected chi connectivity index (χ3v) is 5.74. The van der Waals surface area contributed by atoms with Gasteiger partial charge in [-0.3, -0.25) is 14.5 Å². The number of benzene rings is 2. The van der Waals surface area contributed by atoms with Gasteiger partial charge in [-0.15, -0.1) is 0 Å². The summed E-state index contributed by atoms with van der Waals surface area (Å²) in [6, 6.07) is 17.1. The molecular formula is C23H27N3O3S. The van der Waals surface area contributed by atoms with Gasteiger partial charge in [0, 0.05) is 19.5 Å². The van der Waals surface area contributed by atoms with Crippen LogP contribution in [0.3, 0.4) is 0 Å². The van der Waals surface area contributed by atoms with E-state index in [2.05, 4.69) is 24.2 Å². The van der Waals surface area contributed by atoms with Crippen LogP contribution in [0.25, 0.3) is 0 Å². The van der Waals surface area contributed by atoms with Crippen molar-refractivity contribution in [1.82, 2.24) is 10.2 Å². The van der Waals surface area contributed by atoms with Crippen molar-refractivity contribution in [3.63, 3.8) is 0 Å². The van der Waals surface area contributed by atoms with Crippen LogP contribution in [-0.2, 0) is 16.1 Å². The molecule has 1 saturated heterocycles. The van der Waals surface area contributed by atoms with E-state index in [1.54, 1.807) is 12.0 Å². The van der Waals surface area contributed by atoms with E-state index in [0.717, 1.165) is 17.0 Å². The highest BCUT2D eigenvalue weighted by Gasteiger charge is 2.39. The van der Waals surface area contributed by atoms with Gasteiger partial charge in [-0.2, -0.15) is 0 Å². The van der Waals surface area contributed by atoms with E-state index in [9.17, 15) is 9.59 Å². The van der Waals surface area contributed by atoms with Crippen LogP contribution in [-0.4, -0.2) is 40.8 Å². The number of ether oxygens (including phenoxy) is 1. The predicted octanol–water partition coefficient (Wildman–Crippen LogP) is 3.99. The molecule has 158 valence electrons. The Balaban J connectivity index is 1.63. The summed E-state index contributed by atoms with van der Waals surface area (Å²) in [5, 5.41) is 3.10. The third kappa shape index (κ3) is 5.86. The van der Waals surface area contributed by atoms with E-state index in [1.165, 1.54) is 11.8 Å². The first-order chi connectivity index (χ1) is 14.5. The Morgan fingerprint density at radius 1 is 1.17 bits per heavy atom. The maximum Gasteiger partial charge on any atom is 0.242 e. The molecule has 7 heteroatoms. The lowest BCUT2D eigenvalue weighted by Crippen LogP contribution is -2.36. The molecule has 0 spiro atoms. The molecule has 0 unspecified atom stereocenters. The molecule has 0 saturated carbocycles. The first-order valence-electron chi connectivity index (χ1n) is 9.97. The van der Waals surface area contributed by atoms with Crippen LogP contribution in [0.15, 0.2) is 59.6 Å². The fourth-order valence-corrected chi connectivity index (χ4v) is 4.22. The molecule has 1 heterocycles. The average Bonchev–Trinajstić information content (AvgIpc) is 3.01. The molecular weight excluding hydrogens is 398 g/mol. The molecule has 1 fully saturated rings. The molecule has 6 nitrogen and oxygen atoms in total. The van der Waals surface area contributed by atoms with Crippen molar-refractivity contribution in [3.8, 4) is 5.75 Å². The Morgan fingerprint density at radius 2 is 1.87 bits per heavy atom. The van der Waals surface area contributed by atoms with Crippen molar-refractivity contribution in [2.45, 2.75) is 32.1 Å². The Hall–Kier alpha value is -2.80. The lowest BCUT2D eigenvalue weighted by atomic mass is 10.2. The van der Waals surface area contributed by atoms with Gasteiger partial charge in [-0.1, -0.05) is 55.9 Å². The second-order valence-electron chi connectivity index (χ2n) is 7.51. The van der Waals surface area contributed by atoms with Gasteiger partial charge < -0.3 is 10.1 Å². The minimum absolute atomic E-state index is 0.0528. The van der Waals surface area contributed by atoms with Crippen molar-refractivity contribution in [2.24, 2.45) is 10.9 Å². The number of para-hydroxylation sites is 1. The maximum atomic E-state index is 13.0. The topological polar surface area (TPSA) is 71.0 Å².